The Morgan fingerprint density at radius 2 is 2.07 bits per heavy atom. The number of rotatable bonds is 4. The molecule has 1 aromatic carbocycles. The minimum absolute atomic E-state index is 0.00470. The maximum atomic E-state index is 13.1. The van der Waals surface area contributed by atoms with Gasteiger partial charge >= 0.3 is 0 Å². The second-order valence-electron chi connectivity index (χ2n) is 7.10. The first-order valence-corrected chi connectivity index (χ1v) is 9.32. The lowest BCUT2D eigenvalue weighted by Gasteiger charge is -2.25. The number of carbonyl (C=O) groups is 1. The van der Waals surface area contributed by atoms with Gasteiger partial charge in [0.05, 0.1) is 29.4 Å². The Bertz CT molecular complexity index is 1000. The fourth-order valence-electron chi connectivity index (χ4n) is 3.65. The number of halogens is 1. The van der Waals surface area contributed by atoms with Crippen molar-refractivity contribution in [3.8, 4) is 11.3 Å². The summed E-state index contributed by atoms with van der Waals surface area (Å²) in [5.74, 6) is 0.946. The van der Waals surface area contributed by atoms with Gasteiger partial charge in [-0.05, 0) is 44.4 Å². The van der Waals surface area contributed by atoms with Gasteiger partial charge in [-0.1, -0.05) is 17.3 Å². The van der Waals surface area contributed by atoms with Crippen LogP contribution in [-0.4, -0.2) is 32.5 Å². The van der Waals surface area contributed by atoms with Gasteiger partial charge in [-0.2, -0.15) is 0 Å². The predicted octanol–water partition coefficient (Wildman–Crippen LogP) is 3.79. The van der Waals surface area contributed by atoms with Gasteiger partial charge in [0, 0.05) is 18.8 Å². The van der Waals surface area contributed by atoms with E-state index in [2.05, 4.69) is 15.1 Å². The molecule has 3 aromatic rings. The molecule has 0 N–H and O–H groups in total. The van der Waals surface area contributed by atoms with Crippen molar-refractivity contribution in [1.82, 2.24) is 20.0 Å². The van der Waals surface area contributed by atoms with E-state index in [9.17, 15) is 9.18 Å². The quantitative estimate of drug-likeness (QED) is 0.689. The van der Waals surface area contributed by atoms with Crippen LogP contribution in [0, 0.1) is 19.7 Å². The minimum Gasteiger partial charge on any atom is -0.356 e. The number of aryl methyl sites for hydroxylation is 2. The third-order valence-corrected chi connectivity index (χ3v) is 4.99. The summed E-state index contributed by atoms with van der Waals surface area (Å²) in [5, 5.41) is 3.96. The monoisotopic (exact) mass is 380 g/mol. The number of hydrogen-bond donors (Lipinski definition) is 0. The highest BCUT2D eigenvalue weighted by molar-refractivity contribution is 5.80. The van der Waals surface area contributed by atoms with Crippen molar-refractivity contribution in [2.24, 2.45) is 0 Å². The SMILES string of the molecule is Cc1cc(-c2cnc(C)nc2[C@H]2CCCN2C(=O)Cc2ccc(F)cc2)on1. The molecular weight excluding hydrogens is 359 g/mol. The molecule has 1 aliphatic heterocycles. The fraction of sp³-hybridized carbons (Fsp3) is 0.333. The molecule has 1 aliphatic rings. The van der Waals surface area contributed by atoms with Crippen molar-refractivity contribution in [3.63, 3.8) is 0 Å². The molecule has 28 heavy (non-hydrogen) atoms. The number of amides is 1. The molecule has 0 aliphatic carbocycles. The van der Waals surface area contributed by atoms with Crippen LogP contribution < -0.4 is 0 Å². The second kappa shape index (κ2) is 7.50. The standard InChI is InChI=1S/C21H21FN4O2/c1-13-10-19(28-25-13)17-12-23-14(2)24-21(17)18-4-3-9-26(18)20(27)11-15-5-7-16(22)8-6-15/h5-8,10,12,18H,3-4,9,11H2,1-2H3/t18-/m1/s1. The van der Waals surface area contributed by atoms with Gasteiger partial charge in [-0.15, -0.1) is 0 Å². The van der Waals surface area contributed by atoms with E-state index in [0.717, 1.165) is 35.4 Å². The Kier molecular flexibility index (Phi) is 4.90. The molecular formula is C21H21FN4O2. The normalized spacial score (nSPS) is 16.5. The first kappa shape index (κ1) is 18.3. The van der Waals surface area contributed by atoms with Crippen LogP contribution in [0.4, 0.5) is 4.39 Å². The van der Waals surface area contributed by atoms with Crippen molar-refractivity contribution in [2.75, 3.05) is 6.54 Å². The molecule has 4 rings (SSSR count). The summed E-state index contributed by atoms with van der Waals surface area (Å²) in [5.41, 5.74) is 3.12. The van der Waals surface area contributed by atoms with Crippen LogP contribution in [-0.2, 0) is 11.2 Å². The maximum absolute atomic E-state index is 13.1. The van der Waals surface area contributed by atoms with E-state index in [-0.39, 0.29) is 24.2 Å². The molecule has 0 saturated carbocycles. The number of carbonyl (C=O) groups excluding carboxylic acids is 1. The number of likely N-dealkylation sites (tertiary alicyclic amines) is 1. The van der Waals surface area contributed by atoms with Crippen molar-refractivity contribution < 1.29 is 13.7 Å². The summed E-state index contributed by atoms with van der Waals surface area (Å²) < 4.78 is 18.6. The Hall–Kier alpha value is -3.09. The highest BCUT2D eigenvalue weighted by Gasteiger charge is 2.33. The van der Waals surface area contributed by atoms with E-state index in [0.29, 0.717) is 18.1 Å². The topological polar surface area (TPSA) is 72.1 Å². The molecule has 6 nitrogen and oxygen atoms in total. The van der Waals surface area contributed by atoms with Gasteiger partial charge < -0.3 is 9.42 Å². The van der Waals surface area contributed by atoms with Crippen molar-refractivity contribution in [3.05, 3.63) is 65.1 Å². The Balaban J connectivity index is 1.63. The fourth-order valence-corrected chi connectivity index (χ4v) is 3.65. The summed E-state index contributed by atoms with van der Waals surface area (Å²) >= 11 is 0. The van der Waals surface area contributed by atoms with Crippen molar-refractivity contribution >= 4 is 5.91 Å². The van der Waals surface area contributed by atoms with Gasteiger partial charge in [-0.3, -0.25) is 4.79 Å². The van der Waals surface area contributed by atoms with E-state index < -0.39 is 0 Å². The molecule has 1 atom stereocenters. The zero-order valence-corrected chi connectivity index (χ0v) is 15.9. The Morgan fingerprint density at radius 1 is 1.29 bits per heavy atom. The lowest BCUT2D eigenvalue weighted by atomic mass is 10.0. The van der Waals surface area contributed by atoms with E-state index >= 15 is 0 Å². The van der Waals surface area contributed by atoms with E-state index in [1.807, 2.05) is 24.8 Å². The largest absolute Gasteiger partial charge is 0.356 e. The molecule has 0 spiro atoms. The van der Waals surface area contributed by atoms with E-state index in [1.165, 1.54) is 12.1 Å². The highest BCUT2D eigenvalue weighted by Crippen LogP contribution is 2.37. The smallest absolute Gasteiger partial charge is 0.227 e. The first-order valence-electron chi connectivity index (χ1n) is 9.32. The van der Waals surface area contributed by atoms with E-state index in [4.69, 9.17) is 4.52 Å². The van der Waals surface area contributed by atoms with Crippen LogP contribution in [0.5, 0.6) is 0 Å². The zero-order chi connectivity index (χ0) is 19.7. The molecule has 2 aromatic heterocycles. The number of aromatic nitrogens is 3. The maximum Gasteiger partial charge on any atom is 0.227 e. The second-order valence-corrected chi connectivity index (χ2v) is 7.10. The molecule has 144 valence electrons. The first-order chi connectivity index (χ1) is 13.5. The van der Waals surface area contributed by atoms with Crippen molar-refractivity contribution in [2.45, 2.75) is 39.2 Å². The summed E-state index contributed by atoms with van der Waals surface area (Å²) in [6.45, 7) is 4.36. The van der Waals surface area contributed by atoms with Crippen LogP contribution in [0.3, 0.4) is 0 Å². The predicted molar refractivity (Wildman–Crippen MR) is 101 cm³/mol. The molecule has 1 amide bonds. The summed E-state index contributed by atoms with van der Waals surface area (Å²) in [6, 6.07) is 7.75. The van der Waals surface area contributed by atoms with Crippen LogP contribution in [0.1, 0.15) is 41.7 Å². The molecule has 0 bridgehead atoms. The third-order valence-electron chi connectivity index (χ3n) is 4.99. The van der Waals surface area contributed by atoms with Crippen LogP contribution >= 0.6 is 0 Å². The lowest BCUT2D eigenvalue weighted by Crippen LogP contribution is -2.32. The molecule has 0 unspecified atom stereocenters. The van der Waals surface area contributed by atoms with E-state index in [1.54, 1.807) is 18.3 Å². The molecule has 3 heterocycles. The zero-order valence-electron chi connectivity index (χ0n) is 15.9. The molecule has 7 heteroatoms. The van der Waals surface area contributed by atoms with Crippen molar-refractivity contribution in [1.29, 1.82) is 0 Å². The van der Waals surface area contributed by atoms with Crippen LogP contribution in [0.25, 0.3) is 11.3 Å². The summed E-state index contributed by atoms with van der Waals surface area (Å²) in [4.78, 5) is 23.8. The molecule has 1 fully saturated rings. The number of benzene rings is 1. The minimum atomic E-state index is -0.307. The lowest BCUT2D eigenvalue weighted by molar-refractivity contribution is -0.131. The Morgan fingerprint density at radius 3 is 2.79 bits per heavy atom. The van der Waals surface area contributed by atoms with Crippen LogP contribution in [0.2, 0.25) is 0 Å². The van der Waals surface area contributed by atoms with Gasteiger partial charge in [-0.25, -0.2) is 14.4 Å². The average Bonchev–Trinajstić information content (AvgIpc) is 3.32. The van der Waals surface area contributed by atoms with Gasteiger partial charge in [0.15, 0.2) is 5.76 Å². The van der Waals surface area contributed by atoms with Gasteiger partial charge in [0.1, 0.15) is 11.6 Å². The third kappa shape index (κ3) is 3.65. The Labute approximate surface area is 162 Å². The summed E-state index contributed by atoms with van der Waals surface area (Å²) in [7, 11) is 0. The molecule has 0 radical (unpaired) electrons. The van der Waals surface area contributed by atoms with Crippen LogP contribution in [0.15, 0.2) is 41.1 Å². The number of hydrogen-bond acceptors (Lipinski definition) is 5. The summed E-state index contributed by atoms with van der Waals surface area (Å²) in [6.07, 6.45) is 3.69. The number of nitrogens with zero attached hydrogens (tertiary/aromatic N) is 4. The van der Waals surface area contributed by atoms with Gasteiger partial charge in [0.25, 0.3) is 0 Å². The molecule has 1 saturated heterocycles. The van der Waals surface area contributed by atoms with Gasteiger partial charge in [0.2, 0.25) is 5.91 Å². The highest BCUT2D eigenvalue weighted by atomic mass is 19.1. The average molecular weight is 380 g/mol.